The van der Waals surface area contributed by atoms with Crippen molar-refractivity contribution in [3.8, 4) is 0 Å². The molecule has 2 nitrogen and oxygen atoms in total. The number of likely N-dealkylation sites (tertiary alicyclic amines) is 1. The Kier molecular flexibility index (Phi) is 2.90. The summed E-state index contributed by atoms with van der Waals surface area (Å²) in [6, 6.07) is 0.993. The Hall–Kier alpha value is -0.0800. The molecule has 11 heavy (non-hydrogen) atoms. The summed E-state index contributed by atoms with van der Waals surface area (Å²) >= 11 is 0. The largest absolute Gasteiger partial charge is 0.395 e. The maximum Gasteiger partial charge on any atom is 0.0589 e. The van der Waals surface area contributed by atoms with Crippen LogP contribution in [0.25, 0.3) is 0 Å². The molecule has 0 aliphatic carbocycles. The summed E-state index contributed by atoms with van der Waals surface area (Å²) < 4.78 is 0. The van der Waals surface area contributed by atoms with Crippen molar-refractivity contribution in [3.05, 3.63) is 0 Å². The highest BCUT2D eigenvalue weighted by atomic mass is 16.3. The van der Waals surface area contributed by atoms with E-state index in [9.17, 15) is 0 Å². The number of hydrogen-bond donors (Lipinski definition) is 1. The monoisotopic (exact) mass is 157 g/mol. The van der Waals surface area contributed by atoms with Gasteiger partial charge in [0.15, 0.2) is 0 Å². The van der Waals surface area contributed by atoms with Crippen LogP contribution >= 0.6 is 0 Å². The summed E-state index contributed by atoms with van der Waals surface area (Å²) in [6.07, 6.45) is 1.24. The van der Waals surface area contributed by atoms with Gasteiger partial charge >= 0.3 is 0 Å². The number of nitrogens with zero attached hydrogens (tertiary/aromatic N) is 1. The second-order valence-electron chi connectivity index (χ2n) is 3.85. The molecular formula is C9H19NO. The fourth-order valence-electron chi connectivity index (χ4n) is 1.96. The zero-order valence-corrected chi connectivity index (χ0v) is 7.75. The lowest BCUT2D eigenvalue weighted by molar-refractivity contribution is 0.115. The number of rotatable bonds is 2. The molecule has 0 aromatic carbocycles. The molecule has 0 aromatic rings. The zero-order chi connectivity index (χ0) is 8.43. The van der Waals surface area contributed by atoms with E-state index in [1.165, 1.54) is 6.42 Å². The molecule has 1 saturated heterocycles. The zero-order valence-electron chi connectivity index (χ0n) is 7.75. The summed E-state index contributed by atoms with van der Waals surface area (Å²) in [4.78, 5) is 2.39. The quantitative estimate of drug-likeness (QED) is 0.649. The van der Waals surface area contributed by atoms with Crippen molar-refractivity contribution in [3.63, 3.8) is 0 Å². The highest BCUT2D eigenvalue weighted by molar-refractivity contribution is 4.85. The van der Waals surface area contributed by atoms with E-state index in [1.807, 2.05) is 0 Å². The summed E-state index contributed by atoms with van der Waals surface area (Å²) in [7, 11) is 0. The van der Waals surface area contributed by atoms with Gasteiger partial charge in [0.1, 0.15) is 0 Å². The van der Waals surface area contributed by atoms with Gasteiger partial charge in [-0.2, -0.15) is 0 Å². The molecule has 1 fully saturated rings. The first-order valence-electron chi connectivity index (χ1n) is 4.53. The smallest absolute Gasteiger partial charge is 0.0589 e. The Bertz CT molecular complexity index is 125. The Labute approximate surface area is 69.2 Å². The fourth-order valence-corrected chi connectivity index (χ4v) is 1.96. The first kappa shape index (κ1) is 9.01. The Morgan fingerprint density at radius 2 is 2.18 bits per heavy atom. The Morgan fingerprint density at radius 1 is 1.55 bits per heavy atom. The molecule has 0 bridgehead atoms. The van der Waals surface area contributed by atoms with E-state index >= 15 is 0 Å². The predicted octanol–water partition coefficient (Wildman–Crippen LogP) is 1.10. The predicted molar refractivity (Wildman–Crippen MR) is 46.5 cm³/mol. The average molecular weight is 157 g/mol. The molecule has 0 unspecified atom stereocenters. The Balaban J connectivity index is 2.54. The normalized spacial score (nSPS) is 33.5. The highest BCUT2D eigenvalue weighted by Gasteiger charge is 2.31. The minimum atomic E-state index is 0.319. The minimum Gasteiger partial charge on any atom is -0.395 e. The molecule has 2 heteroatoms. The average Bonchev–Trinajstić information content (AvgIpc) is 2.30. The van der Waals surface area contributed by atoms with E-state index < -0.39 is 0 Å². The molecule has 66 valence electrons. The molecule has 0 aromatic heterocycles. The molecule has 1 heterocycles. The van der Waals surface area contributed by atoms with Crippen molar-refractivity contribution in [2.24, 2.45) is 5.92 Å². The molecular weight excluding hydrogens is 138 g/mol. The van der Waals surface area contributed by atoms with E-state index in [2.05, 4.69) is 25.7 Å². The number of aliphatic hydroxyl groups is 1. The van der Waals surface area contributed by atoms with Crippen LogP contribution in [0.15, 0.2) is 0 Å². The van der Waals surface area contributed by atoms with E-state index in [1.54, 1.807) is 0 Å². The van der Waals surface area contributed by atoms with Crippen LogP contribution in [0.4, 0.5) is 0 Å². The van der Waals surface area contributed by atoms with Crippen LogP contribution in [0.2, 0.25) is 0 Å². The van der Waals surface area contributed by atoms with E-state index in [-0.39, 0.29) is 0 Å². The van der Waals surface area contributed by atoms with E-state index in [0.717, 1.165) is 6.54 Å². The van der Waals surface area contributed by atoms with Crippen molar-refractivity contribution >= 4 is 0 Å². The molecule has 0 amide bonds. The van der Waals surface area contributed by atoms with Crippen LogP contribution in [-0.2, 0) is 0 Å². The SMILES string of the molecule is CC(C)N1CC[C@H](C)[C@H]1CO. The first-order valence-corrected chi connectivity index (χ1v) is 4.53. The van der Waals surface area contributed by atoms with Gasteiger partial charge in [0.2, 0.25) is 0 Å². The molecule has 2 atom stereocenters. The molecule has 1 rings (SSSR count). The summed E-state index contributed by atoms with van der Waals surface area (Å²) in [5, 5.41) is 9.11. The van der Waals surface area contributed by atoms with Crippen molar-refractivity contribution in [1.82, 2.24) is 4.90 Å². The fraction of sp³-hybridized carbons (Fsp3) is 1.00. The molecule has 0 spiro atoms. The van der Waals surface area contributed by atoms with Crippen molar-refractivity contribution in [2.45, 2.75) is 39.3 Å². The van der Waals surface area contributed by atoms with Gasteiger partial charge in [-0.25, -0.2) is 0 Å². The lowest BCUT2D eigenvalue weighted by Gasteiger charge is -2.28. The van der Waals surface area contributed by atoms with Gasteiger partial charge in [-0.15, -0.1) is 0 Å². The van der Waals surface area contributed by atoms with Crippen LogP contribution < -0.4 is 0 Å². The van der Waals surface area contributed by atoms with Crippen LogP contribution in [-0.4, -0.2) is 35.2 Å². The third kappa shape index (κ3) is 1.74. The molecule has 0 radical (unpaired) electrons. The number of hydrogen-bond acceptors (Lipinski definition) is 2. The van der Waals surface area contributed by atoms with Crippen molar-refractivity contribution < 1.29 is 5.11 Å². The van der Waals surface area contributed by atoms with Crippen LogP contribution in [0.3, 0.4) is 0 Å². The van der Waals surface area contributed by atoms with E-state index in [0.29, 0.717) is 24.6 Å². The van der Waals surface area contributed by atoms with Crippen molar-refractivity contribution in [1.29, 1.82) is 0 Å². The van der Waals surface area contributed by atoms with Gasteiger partial charge in [-0.3, -0.25) is 4.90 Å². The van der Waals surface area contributed by atoms with Gasteiger partial charge in [-0.05, 0) is 32.7 Å². The minimum absolute atomic E-state index is 0.319. The summed E-state index contributed by atoms with van der Waals surface area (Å²) in [6.45, 7) is 8.09. The second-order valence-corrected chi connectivity index (χ2v) is 3.85. The highest BCUT2D eigenvalue weighted by Crippen LogP contribution is 2.24. The van der Waals surface area contributed by atoms with Gasteiger partial charge in [0.05, 0.1) is 6.61 Å². The maximum atomic E-state index is 9.11. The van der Waals surface area contributed by atoms with Crippen LogP contribution in [0.1, 0.15) is 27.2 Å². The molecule has 0 saturated carbocycles. The third-order valence-corrected chi connectivity index (χ3v) is 2.78. The summed E-state index contributed by atoms with van der Waals surface area (Å²) in [5.74, 6) is 0.669. The van der Waals surface area contributed by atoms with E-state index in [4.69, 9.17) is 5.11 Å². The first-order chi connectivity index (χ1) is 5.16. The van der Waals surface area contributed by atoms with Crippen molar-refractivity contribution in [2.75, 3.05) is 13.2 Å². The topological polar surface area (TPSA) is 23.5 Å². The molecule has 1 aliphatic rings. The maximum absolute atomic E-state index is 9.11. The lowest BCUT2D eigenvalue weighted by atomic mass is 10.0. The van der Waals surface area contributed by atoms with Crippen LogP contribution in [0, 0.1) is 5.92 Å². The van der Waals surface area contributed by atoms with Crippen LogP contribution in [0.5, 0.6) is 0 Å². The van der Waals surface area contributed by atoms with Gasteiger partial charge in [0, 0.05) is 12.1 Å². The lowest BCUT2D eigenvalue weighted by Crippen LogP contribution is -2.39. The third-order valence-electron chi connectivity index (χ3n) is 2.78. The standard InChI is InChI=1S/C9H19NO/c1-7(2)10-5-4-8(3)9(10)6-11/h7-9,11H,4-6H2,1-3H3/t8-,9+/m0/s1. The summed E-state index contributed by atoms with van der Waals surface area (Å²) in [5.41, 5.74) is 0. The molecule has 1 N–H and O–H groups in total. The molecule has 1 aliphatic heterocycles. The van der Waals surface area contributed by atoms with Gasteiger partial charge < -0.3 is 5.11 Å². The Morgan fingerprint density at radius 3 is 2.55 bits per heavy atom. The van der Waals surface area contributed by atoms with Gasteiger partial charge in [0.25, 0.3) is 0 Å². The number of aliphatic hydroxyl groups excluding tert-OH is 1. The second kappa shape index (κ2) is 3.55. The van der Waals surface area contributed by atoms with Gasteiger partial charge in [-0.1, -0.05) is 6.92 Å².